The van der Waals surface area contributed by atoms with E-state index >= 15 is 0 Å². The van der Waals surface area contributed by atoms with Gasteiger partial charge in [0.15, 0.2) is 10.7 Å². The van der Waals surface area contributed by atoms with Crippen molar-refractivity contribution >= 4 is 40.5 Å². The summed E-state index contributed by atoms with van der Waals surface area (Å²) in [5.74, 6) is -1.17. The first kappa shape index (κ1) is 14.3. The first-order chi connectivity index (χ1) is 9.51. The molecule has 0 bridgehead atoms. The Hall–Kier alpha value is -2.12. The third-order valence-electron chi connectivity index (χ3n) is 2.34. The van der Waals surface area contributed by atoms with Crippen LogP contribution in [0.25, 0.3) is 0 Å². The number of nitrogens with one attached hydrogen (secondary N) is 1. The van der Waals surface area contributed by atoms with Gasteiger partial charge in [0, 0.05) is 11.4 Å². The fourth-order valence-corrected chi connectivity index (χ4v) is 2.23. The molecule has 104 valence electrons. The molecule has 0 aliphatic rings. The molecule has 1 amide bonds. The zero-order chi connectivity index (χ0) is 14.7. The van der Waals surface area contributed by atoms with Crippen molar-refractivity contribution in [2.75, 3.05) is 12.4 Å². The van der Waals surface area contributed by atoms with Gasteiger partial charge in [-0.25, -0.2) is 9.78 Å². The first-order valence-corrected chi connectivity index (χ1v) is 6.60. The fraction of sp³-hybridized carbons (Fsp3) is 0.0833. The number of amides is 1. The Morgan fingerprint density at radius 2 is 2.20 bits per heavy atom. The smallest absolute Gasteiger partial charge is 0.355 e. The van der Waals surface area contributed by atoms with E-state index in [-0.39, 0.29) is 10.7 Å². The summed E-state index contributed by atoms with van der Waals surface area (Å²) in [4.78, 5) is 26.4. The highest BCUT2D eigenvalue weighted by molar-refractivity contribution is 7.12. The summed E-state index contributed by atoms with van der Waals surface area (Å²) in [5, 5.41) is 13.0. The molecule has 0 saturated carbocycles. The predicted octanol–water partition coefficient (Wildman–Crippen LogP) is 2.76. The zero-order valence-corrected chi connectivity index (χ0v) is 11.8. The third-order valence-corrected chi connectivity index (χ3v) is 3.51. The van der Waals surface area contributed by atoms with Gasteiger partial charge in [0.25, 0.3) is 5.91 Å². The highest BCUT2D eigenvalue weighted by atomic mass is 35.5. The molecule has 1 aromatic carbocycles. The van der Waals surface area contributed by atoms with E-state index in [1.54, 1.807) is 18.2 Å². The number of carbonyl (C=O) groups excluding carboxylic acids is 1. The van der Waals surface area contributed by atoms with Crippen molar-refractivity contribution in [3.8, 4) is 5.75 Å². The number of carbonyl (C=O) groups is 2. The van der Waals surface area contributed by atoms with E-state index in [4.69, 9.17) is 21.4 Å². The van der Waals surface area contributed by atoms with Crippen molar-refractivity contribution in [3.63, 3.8) is 0 Å². The number of anilines is 1. The Kier molecular flexibility index (Phi) is 4.21. The molecule has 2 aromatic rings. The summed E-state index contributed by atoms with van der Waals surface area (Å²) in [6.45, 7) is 0. The lowest BCUT2D eigenvalue weighted by molar-refractivity contribution is 0.0691. The minimum absolute atomic E-state index is 0.0429. The SMILES string of the molecule is COc1ccc(Cl)c(NC(=O)c2nc(C(=O)O)cs2)c1. The molecule has 2 N–H and O–H groups in total. The number of methoxy groups -OCH3 is 1. The second kappa shape index (κ2) is 5.89. The summed E-state index contributed by atoms with van der Waals surface area (Å²) < 4.78 is 5.03. The maximum atomic E-state index is 11.9. The Bertz CT molecular complexity index is 671. The molecule has 20 heavy (non-hydrogen) atoms. The van der Waals surface area contributed by atoms with Crippen LogP contribution in [0.2, 0.25) is 5.02 Å². The third kappa shape index (κ3) is 3.06. The van der Waals surface area contributed by atoms with Crippen LogP contribution in [0.5, 0.6) is 5.75 Å². The van der Waals surface area contributed by atoms with Gasteiger partial charge >= 0.3 is 5.97 Å². The maximum Gasteiger partial charge on any atom is 0.355 e. The van der Waals surface area contributed by atoms with Crippen LogP contribution in [0.4, 0.5) is 5.69 Å². The number of halogens is 1. The molecule has 0 spiro atoms. The molecule has 2 rings (SSSR count). The van der Waals surface area contributed by atoms with Crippen LogP contribution in [0.15, 0.2) is 23.6 Å². The zero-order valence-electron chi connectivity index (χ0n) is 10.2. The van der Waals surface area contributed by atoms with Gasteiger partial charge in [-0.1, -0.05) is 11.6 Å². The lowest BCUT2D eigenvalue weighted by Crippen LogP contribution is -2.12. The molecule has 0 radical (unpaired) electrons. The van der Waals surface area contributed by atoms with Gasteiger partial charge in [-0.2, -0.15) is 0 Å². The number of benzene rings is 1. The maximum absolute atomic E-state index is 11.9. The number of aromatic nitrogens is 1. The molecule has 0 unspecified atom stereocenters. The lowest BCUT2D eigenvalue weighted by atomic mass is 10.3. The molecule has 1 heterocycles. The Balaban J connectivity index is 2.20. The topological polar surface area (TPSA) is 88.5 Å². The van der Waals surface area contributed by atoms with Crippen molar-refractivity contribution in [1.29, 1.82) is 0 Å². The quantitative estimate of drug-likeness (QED) is 0.906. The normalized spacial score (nSPS) is 10.1. The molecular formula is C12H9ClN2O4S. The van der Waals surface area contributed by atoms with Crippen LogP contribution in [0.3, 0.4) is 0 Å². The minimum atomic E-state index is -1.18. The number of nitrogens with zero attached hydrogens (tertiary/aromatic N) is 1. The van der Waals surface area contributed by atoms with Crippen LogP contribution in [0.1, 0.15) is 20.3 Å². The number of rotatable bonds is 4. The van der Waals surface area contributed by atoms with E-state index in [0.717, 1.165) is 11.3 Å². The second-order valence-electron chi connectivity index (χ2n) is 3.64. The Morgan fingerprint density at radius 1 is 1.45 bits per heavy atom. The van der Waals surface area contributed by atoms with E-state index in [9.17, 15) is 9.59 Å². The monoisotopic (exact) mass is 312 g/mol. The van der Waals surface area contributed by atoms with E-state index in [2.05, 4.69) is 10.3 Å². The molecule has 0 aliphatic heterocycles. The highest BCUT2D eigenvalue weighted by Crippen LogP contribution is 2.27. The van der Waals surface area contributed by atoms with Crippen LogP contribution >= 0.6 is 22.9 Å². The van der Waals surface area contributed by atoms with Crippen molar-refractivity contribution in [2.24, 2.45) is 0 Å². The van der Waals surface area contributed by atoms with Crippen molar-refractivity contribution in [3.05, 3.63) is 39.3 Å². The summed E-state index contributed by atoms with van der Waals surface area (Å²) in [7, 11) is 1.49. The first-order valence-electron chi connectivity index (χ1n) is 5.35. The van der Waals surface area contributed by atoms with Gasteiger partial charge in [0.1, 0.15) is 5.75 Å². The molecule has 0 saturated heterocycles. The van der Waals surface area contributed by atoms with Gasteiger partial charge in [-0.05, 0) is 12.1 Å². The number of ether oxygens (including phenoxy) is 1. The van der Waals surface area contributed by atoms with Crippen molar-refractivity contribution in [1.82, 2.24) is 4.98 Å². The van der Waals surface area contributed by atoms with Crippen LogP contribution in [-0.4, -0.2) is 29.1 Å². The molecule has 8 heteroatoms. The Labute approximate surface area is 123 Å². The number of hydrogen-bond acceptors (Lipinski definition) is 5. The van der Waals surface area contributed by atoms with Crippen molar-refractivity contribution in [2.45, 2.75) is 0 Å². The lowest BCUT2D eigenvalue weighted by Gasteiger charge is -2.07. The number of carboxylic acid groups (broad SMARTS) is 1. The van der Waals surface area contributed by atoms with E-state index in [1.807, 2.05) is 0 Å². The largest absolute Gasteiger partial charge is 0.497 e. The van der Waals surface area contributed by atoms with Gasteiger partial charge in [0.05, 0.1) is 17.8 Å². The van der Waals surface area contributed by atoms with Gasteiger partial charge < -0.3 is 15.2 Å². The average Bonchev–Trinajstić information content (AvgIpc) is 2.91. The van der Waals surface area contributed by atoms with Crippen LogP contribution in [0, 0.1) is 0 Å². The van der Waals surface area contributed by atoms with Crippen LogP contribution < -0.4 is 10.1 Å². The molecule has 1 aromatic heterocycles. The molecule has 0 atom stereocenters. The summed E-state index contributed by atoms with van der Waals surface area (Å²) in [6, 6.07) is 4.80. The molecule has 0 fully saturated rings. The Morgan fingerprint density at radius 3 is 2.80 bits per heavy atom. The molecule has 6 nitrogen and oxygen atoms in total. The number of aromatic carboxylic acids is 1. The van der Waals surface area contributed by atoms with E-state index in [1.165, 1.54) is 12.5 Å². The standard InChI is InChI=1S/C12H9ClN2O4S/c1-19-6-2-3-7(13)8(4-6)14-10(16)11-15-9(5-20-11)12(17)18/h2-5H,1H3,(H,14,16)(H,17,18). The highest BCUT2D eigenvalue weighted by Gasteiger charge is 2.16. The average molecular weight is 313 g/mol. The molecular weight excluding hydrogens is 304 g/mol. The summed E-state index contributed by atoms with van der Waals surface area (Å²) >= 11 is 6.90. The van der Waals surface area contributed by atoms with Crippen LogP contribution in [-0.2, 0) is 0 Å². The van der Waals surface area contributed by atoms with Gasteiger partial charge in [0.2, 0.25) is 0 Å². The number of carboxylic acids is 1. The van der Waals surface area contributed by atoms with Gasteiger partial charge in [-0.3, -0.25) is 4.79 Å². The number of hydrogen-bond donors (Lipinski definition) is 2. The second-order valence-corrected chi connectivity index (χ2v) is 4.91. The number of thiazole rings is 1. The predicted molar refractivity (Wildman–Crippen MR) is 75.0 cm³/mol. The summed E-state index contributed by atoms with van der Waals surface area (Å²) in [5.41, 5.74) is 0.194. The fourth-order valence-electron chi connectivity index (χ4n) is 1.38. The summed E-state index contributed by atoms with van der Waals surface area (Å²) in [6.07, 6.45) is 0. The van der Waals surface area contributed by atoms with Gasteiger partial charge in [-0.15, -0.1) is 11.3 Å². The van der Waals surface area contributed by atoms with E-state index in [0.29, 0.717) is 16.5 Å². The van der Waals surface area contributed by atoms with Crippen molar-refractivity contribution < 1.29 is 19.4 Å². The minimum Gasteiger partial charge on any atom is -0.497 e. The van der Waals surface area contributed by atoms with E-state index < -0.39 is 11.9 Å². The molecule has 0 aliphatic carbocycles.